The molecule has 3 rings (SSSR count). The molecule has 2 heterocycles. The highest BCUT2D eigenvalue weighted by Crippen LogP contribution is 2.41. The minimum absolute atomic E-state index is 0.0873. The summed E-state index contributed by atoms with van der Waals surface area (Å²) >= 11 is 1.51. The molecule has 5 heteroatoms. The highest BCUT2D eigenvalue weighted by molar-refractivity contribution is 7.12. The monoisotopic (exact) mass is 294 g/mol. The topological polar surface area (TPSA) is 41.6 Å². The van der Waals surface area contributed by atoms with E-state index in [1.165, 1.54) is 24.2 Å². The third-order valence-electron chi connectivity index (χ3n) is 4.34. The molecule has 110 valence electrons. The number of amides is 1. The molecule has 1 aromatic rings. The van der Waals surface area contributed by atoms with Gasteiger partial charge in [-0.15, -0.1) is 11.3 Å². The van der Waals surface area contributed by atoms with Gasteiger partial charge in [0.1, 0.15) is 0 Å². The van der Waals surface area contributed by atoms with E-state index >= 15 is 0 Å². The number of ether oxygens (including phenoxy) is 1. The molecule has 0 radical (unpaired) electrons. The van der Waals surface area contributed by atoms with Gasteiger partial charge in [0.2, 0.25) is 0 Å². The molecule has 1 amide bonds. The van der Waals surface area contributed by atoms with Crippen molar-refractivity contribution < 1.29 is 9.53 Å². The van der Waals surface area contributed by atoms with Crippen LogP contribution < -0.4 is 5.32 Å². The van der Waals surface area contributed by atoms with Crippen molar-refractivity contribution in [2.24, 2.45) is 11.8 Å². The summed E-state index contributed by atoms with van der Waals surface area (Å²) in [6.07, 6.45) is 2.66. The molecule has 0 bridgehead atoms. The van der Waals surface area contributed by atoms with Crippen LogP contribution in [0.5, 0.6) is 0 Å². The standard InChI is InChI=1S/C15H22N2O2S/c1-19-7-6-17-9-12(11-4-5-11)13(10-17)16-15(18)14-3-2-8-20-14/h2-3,8,11-13H,4-7,9-10H2,1H3,(H,16,18)/t12-,13+/m1/s1. The van der Waals surface area contributed by atoms with Crippen molar-refractivity contribution >= 4 is 17.2 Å². The van der Waals surface area contributed by atoms with Crippen LogP contribution in [0.4, 0.5) is 0 Å². The lowest BCUT2D eigenvalue weighted by molar-refractivity contribution is 0.0931. The van der Waals surface area contributed by atoms with E-state index in [4.69, 9.17) is 4.74 Å². The van der Waals surface area contributed by atoms with Gasteiger partial charge in [-0.3, -0.25) is 9.69 Å². The zero-order chi connectivity index (χ0) is 13.9. The van der Waals surface area contributed by atoms with Crippen LogP contribution in [-0.4, -0.2) is 50.2 Å². The molecule has 0 aromatic carbocycles. The maximum Gasteiger partial charge on any atom is 0.261 e. The lowest BCUT2D eigenvalue weighted by Crippen LogP contribution is -2.41. The number of methoxy groups -OCH3 is 1. The second-order valence-corrected chi connectivity index (χ2v) is 6.76. The second kappa shape index (κ2) is 6.24. The fourth-order valence-corrected chi connectivity index (χ4v) is 3.75. The summed E-state index contributed by atoms with van der Waals surface area (Å²) in [6.45, 7) is 3.79. The van der Waals surface area contributed by atoms with Gasteiger partial charge in [-0.05, 0) is 36.1 Å². The summed E-state index contributed by atoms with van der Waals surface area (Å²) in [5.41, 5.74) is 0. The summed E-state index contributed by atoms with van der Waals surface area (Å²) < 4.78 is 5.16. The highest BCUT2D eigenvalue weighted by Gasteiger charge is 2.42. The zero-order valence-electron chi connectivity index (χ0n) is 11.9. The molecule has 2 atom stereocenters. The number of hydrogen-bond donors (Lipinski definition) is 1. The molecule has 1 aromatic heterocycles. The van der Waals surface area contributed by atoms with E-state index in [9.17, 15) is 4.79 Å². The molecule has 0 spiro atoms. The number of nitrogens with one attached hydrogen (secondary N) is 1. The quantitative estimate of drug-likeness (QED) is 0.870. The zero-order valence-corrected chi connectivity index (χ0v) is 12.7. The van der Waals surface area contributed by atoms with Gasteiger partial charge in [-0.2, -0.15) is 0 Å². The Kier molecular flexibility index (Phi) is 4.38. The predicted octanol–water partition coefficient (Wildman–Crippen LogP) is 1.83. The molecule has 20 heavy (non-hydrogen) atoms. The van der Waals surface area contributed by atoms with Gasteiger partial charge in [0.05, 0.1) is 11.5 Å². The molecule has 1 saturated carbocycles. The highest BCUT2D eigenvalue weighted by atomic mass is 32.1. The van der Waals surface area contributed by atoms with Crippen LogP contribution in [0.2, 0.25) is 0 Å². The van der Waals surface area contributed by atoms with Crippen molar-refractivity contribution in [3.8, 4) is 0 Å². The summed E-state index contributed by atoms with van der Waals surface area (Å²) in [4.78, 5) is 15.5. The summed E-state index contributed by atoms with van der Waals surface area (Å²) in [6, 6.07) is 4.12. The second-order valence-electron chi connectivity index (χ2n) is 5.81. The van der Waals surface area contributed by atoms with Gasteiger partial charge in [0, 0.05) is 32.8 Å². The molecule has 4 nitrogen and oxygen atoms in total. The van der Waals surface area contributed by atoms with Crippen LogP contribution in [0.15, 0.2) is 17.5 Å². The average molecular weight is 294 g/mol. The van der Waals surface area contributed by atoms with Gasteiger partial charge in [0.15, 0.2) is 0 Å². The van der Waals surface area contributed by atoms with E-state index in [0.717, 1.165) is 37.0 Å². The Labute approximate surface area is 124 Å². The SMILES string of the molecule is COCCN1C[C@H](NC(=O)c2cccs2)[C@@H](C2CC2)C1. The lowest BCUT2D eigenvalue weighted by Gasteiger charge is -2.19. The first kappa shape index (κ1) is 14.0. The molecular weight excluding hydrogens is 272 g/mol. The molecular formula is C15H22N2O2S. The maximum absolute atomic E-state index is 12.2. The van der Waals surface area contributed by atoms with Gasteiger partial charge in [-0.1, -0.05) is 6.07 Å². The Morgan fingerprint density at radius 3 is 3.00 bits per heavy atom. The van der Waals surface area contributed by atoms with Crippen LogP contribution in [0.3, 0.4) is 0 Å². The van der Waals surface area contributed by atoms with E-state index in [1.807, 2.05) is 17.5 Å². The van der Waals surface area contributed by atoms with E-state index < -0.39 is 0 Å². The van der Waals surface area contributed by atoms with E-state index in [1.54, 1.807) is 7.11 Å². The summed E-state index contributed by atoms with van der Waals surface area (Å²) in [5, 5.41) is 5.20. The van der Waals surface area contributed by atoms with Crippen LogP contribution >= 0.6 is 11.3 Å². The molecule has 2 aliphatic rings. The average Bonchev–Trinajstić information content (AvgIpc) is 3.00. The normalized spacial score (nSPS) is 26.9. The van der Waals surface area contributed by atoms with Gasteiger partial charge < -0.3 is 10.1 Å². The Bertz CT molecular complexity index is 445. The Morgan fingerprint density at radius 2 is 2.35 bits per heavy atom. The van der Waals surface area contributed by atoms with Crippen LogP contribution in [0.25, 0.3) is 0 Å². The Morgan fingerprint density at radius 1 is 1.50 bits per heavy atom. The van der Waals surface area contributed by atoms with Crippen molar-refractivity contribution in [3.05, 3.63) is 22.4 Å². The van der Waals surface area contributed by atoms with Crippen LogP contribution in [-0.2, 0) is 4.74 Å². The molecule has 1 aliphatic heterocycles. The van der Waals surface area contributed by atoms with Crippen LogP contribution in [0.1, 0.15) is 22.5 Å². The third-order valence-corrected chi connectivity index (χ3v) is 5.21. The van der Waals surface area contributed by atoms with Crippen molar-refractivity contribution in [1.82, 2.24) is 10.2 Å². The number of rotatable bonds is 6. The minimum Gasteiger partial charge on any atom is -0.383 e. The van der Waals surface area contributed by atoms with E-state index in [0.29, 0.717) is 12.0 Å². The van der Waals surface area contributed by atoms with E-state index in [-0.39, 0.29) is 5.91 Å². The number of carbonyl (C=O) groups is 1. The first-order valence-corrected chi connectivity index (χ1v) is 8.21. The van der Waals surface area contributed by atoms with Crippen molar-refractivity contribution in [2.75, 3.05) is 33.4 Å². The van der Waals surface area contributed by atoms with Crippen molar-refractivity contribution in [1.29, 1.82) is 0 Å². The lowest BCUT2D eigenvalue weighted by atomic mass is 9.98. The fourth-order valence-electron chi connectivity index (χ4n) is 3.12. The van der Waals surface area contributed by atoms with Crippen molar-refractivity contribution in [3.63, 3.8) is 0 Å². The largest absolute Gasteiger partial charge is 0.383 e. The smallest absolute Gasteiger partial charge is 0.261 e. The molecule has 1 aliphatic carbocycles. The van der Waals surface area contributed by atoms with Crippen LogP contribution in [0, 0.1) is 11.8 Å². The number of thiophene rings is 1. The minimum atomic E-state index is 0.0873. The Balaban J connectivity index is 1.59. The van der Waals surface area contributed by atoms with Gasteiger partial charge in [0.25, 0.3) is 5.91 Å². The van der Waals surface area contributed by atoms with Crippen molar-refractivity contribution in [2.45, 2.75) is 18.9 Å². The van der Waals surface area contributed by atoms with Gasteiger partial charge >= 0.3 is 0 Å². The number of nitrogens with zero attached hydrogens (tertiary/aromatic N) is 1. The number of likely N-dealkylation sites (tertiary alicyclic amines) is 1. The predicted molar refractivity (Wildman–Crippen MR) is 80.1 cm³/mol. The Hall–Kier alpha value is -0.910. The van der Waals surface area contributed by atoms with E-state index in [2.05, 4.69) is 10.2 Å². The number of hydrogen-bond acceptors (Lipinski definition) is 4. The first-order valence-electron chi connectivity index (χ1n) is 7.33. The van der Waals surface area contributed by atoms with Gasteiger partial charge in [-0.25, -0.2) is 0 Å². The maximum atomic E-state index is 12.2. The molecule has 1 saturated heterocycles. The summed E-state index contributed by atoms with van der Waals surface area (Å²) in [5.74, 6) is 1.52. The summed E-state index contributed by atoms with van der Waals surface area (Å²) in [7, 11) is 1.74. The third kappa shape index (κ3) is 3.22. The first-order chi connectivity index (χ1) is 9.78. The number of carbonyl (C=O) groups excluding carboxylic acids is 1. The molecule has 0 unspecified atom stereocenters. The fraction of sp³-hybridized carbons (Fsp3) is 0.667. The molecule has 1 N–H and O–H groups in total. The molecule has 2 fully saturated rings.